The number of nitrogens with zero attached hydrogens (tertiary/aromatic N) is 1. The van der Waals surface area contributed by atoms with Crippen LogP contribution in [0.25, 0.3) is 10.8 Å². The van der Waals surface area contributed by atoms with Crippen molar-refractivity contribution in [1.82, 2.24) is 4.90 Å². The standard InChI is InChI=1S/C23H22N2O2S/c26-22(17-5-2-12-25(14-17)23(27)20-7-3-13-28-20)24-19-11-10-16-9-8-15-4-1-6-18(19)21(15)16/h1,3-4,6-7,10-11,13,17H,2,5,8-9,12,14H2,(H,24,26)/t17-/m1/s1. The van der Waals surface area contributed by atoms with E-state index in [1.54, 1.807) is 0 Å². The van der Waals surface area contributed by atoms with Crippen LogP contribution in [0.3, 0.4) is 0 Å². The van der Waals surface area contributed by atoms with Gasteiger partial charge in [-0.1, -0.05) is 30.3 Å². The molecule has 1 aromatic heterocycles. The lowest BCUT2D eigenvalue weighted by Crippen LogP contribution is -2.43. The zero-order chi connectivity index (χ0) is 19.1. The van der Waals surface area contributed by atoms with E-state index in [2.05, 4.69) is 29.6 Å². The van der Waals surface area contributed by atoms with E-state index in [-0.39, 0.29) is 17.7 Å². The minimum Gasteiger partial charge on any atom is -0.337 e. The highest BCUT2D eigenvalue weighted by Crippen LogP contribution is 2.35. The lowest BCUT2D eigenvalue weighted by molar-refractivity contribution is -0.121. The van der Waals surface area contributed by atoms with Crippen molar-refractivity contribution in [2.75, 3.05) is 18.4 Å². The first kappa shape index (κ1) is 17.4. The first-order chi connectivity index (χ1) is 13.7. The summed E-state index contributed by atoms with van der Waals surface area (Å²) in [4.78, 5) is 28.2. The van der Waals surface area contributed by atoms with Gasteiger partial charge in [0.1, 0.15) is 0 Å². The molecule has 2 aromatic carbocycles. The molecule has 1 N–H and O–H groups in total. The maximum Gasteiger partial charge on any atom is 0.263 e. The molecule has 0 bridgehead atoms. The fraction of sp³-hybridized carbons (Fsp3) is 0.304. The number of thiophene rings is 1. The lowest BCUT2D eigenvalue weighted by Gasteiger charge is -2.31. The van der Waals surface area contributed by atoms with E-state index >= 15 is 0 Å². The molecule has 0 radical (unpaired) electrons. The summed E-state index contributed by atoms with van der Waals surface area (Å²) >= 11 is 1.46. The molecule has 5 rings (SSSR count). The van der Waals surface area contributed by atoms with Crippen LogP contribution in [0.2, 0.25) is 0 Å². The second kappa shape index (κ2) is 7.06. The Morgan fingerprint density at radius 1 is 1.04 bits per heavy atom. The summed E-state index contributed by atoms with van der Waals surface area (Å²) in [6.07, 6.45) is 3.83. The molecule has 0 unspecified atom stereocenters. The maximum atomic E-state index is 13.0. The number of rotatable bonds is 3. The maximum absolute atomic E-state index is 13.0. The van der Waals surface area contributed by atoms with Crippen molar-refractivity contribution in [2.24, 2.45) is 5.92 Å². The first-order valence-electron chi connectivity index (χ1n) is 9.88. The normalized spacial score (nSPS) is 18.4. The Morgan fingerprint density at radius 3 is 2.71 bits per heavy atom. The molecule has 2 heterocycles. The van der Waals surface area contributed by atoms with Crippen LogP contribution in [-0.2, 0) is 17.6 Å². The average molecular weight is 391 g/mol. The van der Waals surface area contributed by atoms with Crippen LogP contribution in [0.15, 0.2) is 47.8 Å². The topological polar surface area (TPSA) is 49.4 Å². The fourth-order valence-electron chi connectivity index (χ4n) is 4.52. The highest BCUT2D eigenvalue weighted by Gasteiger charge is 2.29. The minimum atomic E-state index is -0.166. The number of carbonyl (C=O) groups excluding carboxylic acids is 2. The molecule has 5 heteroatoms. The Labute approximate surface area is 168 Å². The predicted octanol–water partition coefficient (Wildman–Crippen LogP) is 4.49. The van der Waals surface area contributed by atoms with E-state index in [1.165, 1.54) is 27.8 Å². The number of likely N-dealkylation sites (tertiary alicyclic amines) is 1. The summed E-state index contributed by atoms with van der Waals surface area (Å²) in [6.45, 7) is 1.21. The number of carbonyl (C=O) groups is 2. The quantitative estimate of drug-likeness (QED) is 0.716. The zero-order valence-corrected chi connectivity index (χ0v) is 16.4. The molecule has 1 aliphatic heterocycles. The molecule has 142 valence electrons. The Kier molecular flexibility index (Phi) is 4.40. The minimum absolute atomic E-state index is 0.0161. The largest absolute Gasteiger partial charge is 0.337 e. The van der Waals surface area contributed by atoms with E-state index in [9.17, 15) is 9.59 Å². The van der Waals surface area contributed by atoms with Gasteiger partial charge in [-0.15, -0.1) is 11.3 Å². The van der Waals surface area contributed by atoms with Gasteiger partial charge < -0.3 is 10.2 Å². The summed E-state index contributed by atoms with van der Waals surface area (Å²) in [5.41, 5.74) is 3.62. The van der Waals surface area contributed by atoms with Gasteiger partial charge in [0.2, 0.25) is 5.91 Å². The molecular formula is C23H22N2O2S. The summed E-state index contributed by atoms with van der Waals surface area (Å²) in [5.74, 6) is -0.110. The number of amides is 2. The molecular weight excluding hydrogens is 368 g/mol. The van der Waals surface area contributed by atoms with Crippen molar-refractivity contribution < 1.29 is 9.59 Å². The molecule has 1 fully saturated rings. The molecule has 0 spiro atoms. The molecule has 3 aromatic rings. The van der Waals surface area contributed by atoms with Crippen LogP contribution >= 0.6 is 11.3 Å². The van der Waals surface area contributed by atoms with Gasteiger partial charge >= 0.3 is 0 Å². The van der Waals surface area contributed by atoms with E-state index in [1.807, 2.05) is 28.5 Å². The van der Waals surface area contributed by atoms with Gasteiger partial charge in [0, 0.05) is 24.2 Å². The molecule has 1 aliphatic carbocycles. The molecule has 28 heavy (non-hydrogen) atoms. The number of anilines is 1. The Hall–Kier alpha value is -2.66. The van der Waals surface area contributed by atoms with Crippen LogP contribution in [0.4, 0.5) is 5.69 Å². The number of aryl methyl sites for hydroxylation is 2. The molecule has 0 saturated carbocycles. The van der Waals surface area contributed by atoms with Crippen molar-refractivity contribution in [3.8, 4) is 0 Å². The monoisotopic (exact) mass is 390 g/mol. The van der Waals surface area contributed by atoms with E-state index in [4.69, 9.17) is 0 Å². The third-order valence-electron chi connectivity index (χ3n) is 5.95. The van der Waals surface area contributed by atoms with Gasteiger partial charge in [-0.25, -0.2) is 0 Å². The SMILES string of the molecule is O=C(Nc1ccc2c3c(cccc13)CC2)[C@@H]1CCCN(C(=O)c2cccs2)C1. The Bertz CT molecular complexity index is 1050. The van der Waals surface area contributed by atoms with Crippen molar-refractivity contribution in [3.05, 3.63) is 63.8 Å². The molecule has 4 nitrogen and oxygen atoms in total. The second-order valence-electron chi connectivity index (χ2n) is 7.67. The summed E-state index contributed by atoms with van der Waals surface area (Å²) in [7, 11) is 0. The third kappa shape index (κ3) is 3.00. The van der Waals surface area contributed by atoms with Gasteiger partial charge in [-0.3, -0.25) is 9.59 Å². The van der Waals surface area contributed by atoms with Gasteiger partial charge in [-0.05, 0) is 59.7 Å². The van der Waals surface area contributed by atoms with Gasteiger partial charge in [0.05, 0.1) is 10.8 Å². The van der Waals surface area contributed by atoms with Crippen LogP contribution in [0, 0.1) is 5.92 Å². The first-order valence-corrected chi connectivity index (χ1v) is 10.8. The molecule has 1 saturated heterocycles. The van der Waals surface area contributed by atoms with Crippen molar-refractivity contribution in [1.29, 1.82) is 0 Å². The summed E-state index contributed by atoms with van der Waals surface area (Å²) in [5, 5.41) is 7.50. The number of benzene rings is 2. The zero-order valence-electron chi connectivity index (χ0n) is 15.6. The van der Waals surface area contributed by atoms with Crippen LogP contribution < -0.4 is 5.32 Å². The van der Waals surface area contributed by atoms with Crippen molar-refractivity contribution in [3.63, 3.8) is 0 Å². The smallest absolute Gasteiger partial charge is 0.263 e. The Balaban J connectivity index is 1.35. The fourth-order valence-corrected chi connectivity index (χ4v) is 5.21. The number of hydrogen-bond donors (Lipinski definition) is 1. The highest BCUT2D eigenvalue weighted by molar-refractivity contribution is 7.12. The van der Waals surface area contributed by atoms with Gasteiger partial charge in [0.15, 0.2) is 0 Å². The van der Waals surface area contributed by atoms with Gasteiger partial charge in [0.25, 0.3) is 5.91 Å². The van der Waals surface area contributed by atoms with Crippen molar-refractivity contribution in [2.45, 2.75) is 25.7 Å². The molecule has 1 atom stereocenters. The van der Waals surface area contributed by atoms with Crippen LogP contribution in [-0.4, -0.2) is 29.8 Å². The van der Waals surface area contributed by atoms with E-state index < -0.39 is 0 Å². The highest BCUT2D eigenvalue weighted by atomic mass is 32.1. The lowest BCUT2D eigenvalue weighted by atomic mass is 9.96. The molecule has 2 aliphatic rings. The average Bonchev–Trinajstić information content (AvgIpc) is 3.41. The number of nitrogens with one attached hydrogen (secondary N) is 1. The molecule has 2 amide bonds. The van der Waals surface area contributed by atoms with Crippen LogP contribution in [0.5, 0.6) is 0 Å². The van der Waals surface area contributed by atoms with Crippen LogP contribution in [0.1, 0.15) is 33.6 Å². The second-order valence-corrected chi connectivity index (χ2v) is 8.62. The third-order valence-corrected chi connectivity index (χ3v) is 6.80. The number of piperidine rings is 1. The summed E-state index contributed by atoms with van der Waals surface area (Å²) in [6, 6.07) is 14.3. The number of hydrogen-bond acceptors (Lipinski definition) is 3. The van der Waals surface area contributed by atoms with E-state index in [0.29, 0.717) is 6.54 Å². The van der Waals surface area contributed by atoms with Crippen molar-refractivity contribution >= 4 is 39.6 Å². The summed E-state index contributed by atoms with van der Waals surface area (Å²) < 4.78 is 0. The van der Waals surface area contributed by atoms with E-state index in [0.717, 1.165) is 48.2 Å². The Morgan fingerprint density at radius 2 is 1.89 bits per heavy atom. The predicted molar refractivity (Wildman–Crippen MR) is 113 cm³/mol. The van der Waals surface area contributed by atoms with Gasteiger partial charge in [-0.2, -0.15) is 0 Å².